The van der Waals surface area contributed by atoms with Gasteiger partial charge in [0.05, 0.1) is 0 Å². The van der Waals surface area contributed by atoms with Crippen molar-refractivity contribution in [1.29, 1.82) is 0 Å². The van der Waals surface area contributed by atoms with Gasteiger partial charge in [0.1, 0.15) is 0 Å². The van der Waals surface area contributed by atoms with Crippen molar-refractivity contribution in [2.24, 2.45) is 58.2 Å². The maximum absolute atomic E-state index is 2.77. The van der Waals surface area contributed by atoms with Crippen molar-refractivity contribution in [1.82, 2.24) is 0 Å². The molecule has 0 nitrogen and oxygen atoms in total. The summed E-state index contributed by atoms with van der Waals surface area (Å²) in [5, 5.41) is 0. The molecule has 0 aromatic carbocycles. The van der Waals surface area contributed by atoms with E-state index in [0.29, 0.717) is 10.8 Å². The lowest BCUT2D eigenvalue weighted by Crippen LogP contribution is -2.53. The molecule has 0 heteroatoms. The van der Waals surface area contributed by atoms with Crippen LogP contribution in [-0.4, -0.2) is 0 Å². The minimum absolute atomic E-state index is 0.663. The Morgan fingerprint density at radius 1 is 0.733 bits per heavy atom. The van der Waals surface area contributed by atoms with Crippen molar-refractivity contribution in [3.8, 4) is 0 Å². The Hall–Kier alpha value is 0. The molecule has 2 unspecified atom stereocenters. The van der Waals surface area contributed by atoms with E-state index in [1.165, 1.54) is 38.5 Å². The monoisotopic (exact) mass is 414 g/mol. The van der Waals surface area contributed by atoms with Gasteiger partial charge in [-0.3, -0.25) is 0 Å². The molecule has 4 rings (SSSR count). The molecule has 0 aromatic rings. The zero-order valence-electron chi connectivity index (χ0n) is 21.5. The Morgan fingerprint density at radius 3 is 2.23 bits per heavy atom. The first-order valence-electron chi connectivity index (χ1n) is 14.3. The van der Waals surface area contributed by atoms with Crippen molar-refractivity contribution < 1.29 is 0 Å². The number of fused-ring (bicyclic) bond motifs is 5. The van der Waals surface area contributed by atoms with Gasteiger partial charge in [0, 0.05) is 0 Å². The number of hydrogen-bond donors (Lipinski definition) is 0. The normalized spacial score (nSPS) is 45.5. The molecule has 4 fully saturated rings. The minimum Gasteiger partial charge on any atom is -0.0654 e. The van der Waals surface area contributed by atoms with Gasteiger partial charge in [0.15, 0.2) is 0 Å². The highest BCUT2D eigenvalue weighted by atomic mass is 14.6. The molecule has 4 aliphatic rings. The average Bonchev–Trinajstić information content (AvgIpc) is 3.07. The van der Waals surface area contributed by atoms with Crippen LogP contribution in [0.3, 0.4) is 0 Å². The largest absolute Gasteiger partial charge is 0.0654 e. The average molecular weight is 415 g/mol. The molecule has 4 saturated carbocycles. The Morgan fingerprint density at radius 2 is 1.50 bits per heavy atom. The van der Waals surface area contributed by atoms with Crippen LogP contribution in [0.4, 0.5) is 0 Å². The third-order valence-corrected chi connectivity index (χ3v) is 11.9. The van der Waals surface area contributed by atoms with Crippen LogP contribution < -0.4 is 0 Å². The molecule has 0 N–H and O–H groups in total. The first-order valence-corrected chi connectivity index (χ1v) is 14.3. The minimum atomic E-state index is 0.663. The second kappa shape index (κ2) is 9.09. The summed E-state index contributed by atoms with van der Waals surface area (Å²) in [6.45, 7) is 15.5. The maximum Gasteiger partial charge on any atom is -0.0264 e. The molecule has 0 aliphatic heterocycles. The van der Waals surface area contributed by atoms with Crippen LogP contribution >= 0.6 is 0 Å². The second-order valence-corrected chi connectivity index (χ2v) is 13.5. The summed E-state index contributed by atoms with van der Waals surface area (Å²) in [4.78, 5) is 0. The quantitative estimate of drug-likeness (QED) is 0.389. The van der Waals surface area contributed by atoms with E-state index in [1.54, 1.807) is 51.4 Å². The van der Waals surface area contributed by atoms with Gasteiger partial charge < -0.3 is 0 Å². The van der Waals surface area contributed by atoms with E-state index in [2.05, 4.69) is 41.5 Å². The SMILES string of the molecule is CCCC(CC[C@@H](C)[C@H]1CC[C@H]2[C@@H]3CCC4CCCC[C@]4(C)[C@H]3CC[C@]12C)C(C)C. The van der Waals surface area contributed by atoms with Crippen LogP contribution in [0.5, 0.6) is 0 Å². The van der Waals surface area contributed by atoms with E-state index in [-0.39, 0.29) is 0 Å². The smallest absolute Gasteiger partial charge is 0.0264 e. The Bertz CT molecular complexity index is 562. The van der Waals surface area contributed by atoms with Gasteiger partial charge >= 0.3 is 0 Å². The van der Waals surface area contributed by atoms with Gasteiger partial charge in [-0.2, -0.15) is 0 Å². The van der Waals surface area contributed by atoms with Crippen molar-refractivity contribution in [3.63, 3.8) is 0 Å². The molecule has 4 aliphatic carbocycles. The van der Waals surface area contributed by atoms with Crippen molar-refractivity contribution in [2.75, 3.05) is 0 Å². The molecule has 0 spiro atoms. The van der Waals surface area contributed by atoms with Gasteiger partial charge in [-0.1, -0.05) is 73.6 Å². The molecule has 30 heavy (non-hydrogen) atoms. The van der Waals surface area contributed by atoms with Crippen LogP contribution in [0, 0.1) is 58.2 Å². The van der Waals surface area contributed by atoms with Crippen LogP contribution in [-0.2, 0) is 0 Å². The van der Waals surface area contributed by atoms with Gasteiger partial charge in [0.25, 0.3) is 0 Å². The summed E-state index contributed by atoms with van der Waals surface area (Å²) in [7, 11) is 0. The first-order chi connectivity index (χ1) is 14.3. The van der Waals surface area contributed by atoms with E-state index in [1.807, 2.05) is 0 Å². The fourth-order valence-corrected chi connectivity index (χ4v) is 10.1. The lowest BCUT2D eigenvalue weighted by Gasteiger charge is -2.61. The van der Waals surface area contributed by atoms with Crippen LogP contribution in [0.1, 0.15) is 131 Å². The predicted molar refractivity (Wildman–Crippen MR) is 131 cm³/mol. The number of hydrogen-bond acceptors (Lipinski definition) is 0. The third-order valence-electron chi connectivity index (χ3n) is 11.9. The van der Waals surface area contributed by atoms with E-state index < -0.39 is 0 Å². The van der Waals surface area contributed by atoms with Crippen molar-refractivity contribution in [3.05, 3.63) is 0 Å². The van der Waals surface area contributed by atoms with Gasteiger partial charge in [-0.05, 0) is 116 Å². The van der Waals surface area contributed by atoms with Crippen molar-refractivity contribution in [2.45, 2.75) is 131 Å². The molecule has 0 amide bonds. The van der Waals surface area contributed by atoms with Gasteiger partial charge in [-0.15, -0.1) is 0 Å². The molecule has 0 heterocycles. The zero-order valence-corrected chi connectivity index (χ0v) is 21.5. The fraction of sp³-hybridized carbons (Fsp3) is 1.00. The molecule has 0 saturated heterocycles. The van der Waals surface area contributed by atoms with Crippen LogP contribution in [0.15, 0.2) is 0 Å². The predicted octanol–water partition coefficient (Wildman–Crippen LogP) is 9.52. The topological polar surface area (TPSA) is 0 Å². The molecule has 9 atom stereocenters. The standard InChI is InChI=1S/C30H54/c1-7-10-23(21(2)3)13-12-22(4)26-16-17-27-25-15-14-24-11-8-9-19-29(24,5)28(25)18-20-30(26,27)6/h21-28H,7-20H2,1-6H3/t22-,23?,24?,25+,26-,27+,28+,29+,30-/m1/s1. The zero-order chi connectivity index (χ0) is 21.5. The highest BCUT2D eigenvalue weighted by Crippen LogP contribution is 2.68. The Labute approximate surface area is 189 Å². The van der Waals surface area contributed by atoms with E-state index in [4.69, 9.17) is 0 Å². The highest BCUT2D eigenvalue weighted by Gasteiger charge is 2.60. The van der Waals surface area contributed by atoms with Gasteiger partial charge in [0.2, 0.25) is 0 Å². The highest BCUT2D eigenvalue weighted by molar-refractivity contribution is 5.09. The molecule has 0 bridgehead atoms. The summed E-state index contributed by atoms with van der Waals surface area (Å²) in [5.41, 5.74) is 1.37. The molecule has 174 valence electrons. The molecular formula is C30H54. The maximum atomic E-state index is 2.77. The van der Waals surface area contributed by atoms with Crippen LogP contribution in [0.2, 0.25) is 0 Å². The molecule has 0 radical (unpaired) electrons. The summed E-state index contributed by atoms with van der Waals surface area (Å²) >= 11 is 0. The molecule has 0 aromatic heterocycles. The van der Waals surface area contributed by atoms with E-state index in [0.717, 1.165) is 47.3 Å². The summed E-state index contributed by atoms with van der Waals surface area (Å²) in [6, 6.07) is 0. The number of rotatable bonds is 7. The van der Waals surface area contributed by atoms with Gasteiger partial charge in [-0.25, -0.2) is 0 Å². The Kier molecular flexibility index (Phi) is 7.02. The third kappa shape index (κ3) is 3.94. The molecular weight excluding hydrogens is 360 g/mol. The summed E-state index contributed by atoms with van der Waals surface area (Å²) in [5.74, 6) is 8.04. The Balaban J connectivity index is 1.43. The van der Waals surface area contributed by atoms with E-state index in [9.17, 15) is 0 Å². The first kappa shape index (κ1) is 23.2. The lowest BCUT2D eigenvalue weighted by atomic mass is 9.44. The fourth-order valence-electron chi connectivity index (χ4n) is 10.1. The summed E-state index contributed by atoms with van der Waals surface area (Å²) in [6.07, 6.45) is 21.3. The van der Waals surface area contributed by atoms with E-state index >= 15 is 0 Å². The lowest BCUT2D eigenvalue weighted by molar-refractivity contribution is -0.114. The van der Waals surface area contributed by atoms with Crippen LogP contribution in [0.25, 0.3) is 0 Å². The second-order valence-electron chi connectivity index (χ2n) is 13.5. The van der Waals surface area contributed by atoms with Crippen molar-refractivity contribution >= 4 is 0 Å². The summed E-state index contributed by atoms with van der Waals surface area (Å²) < 4.78 is 0.